The summed E-state index contributed by atoms with van der Waals surface area (Å²) in [5, 5.41) is 6.30. The fourth-order valence-corrected chi connectivity index (χ4v) is 7.64. The number of ether oxygens (including phenoxy) is 3. The van der Waals surface area contributed by atoms with E-state index >= 15 is 0 Å². The van der Waals surface area contributed by atoms with E-state index in [0.29, 0.717) is 29.0 Å². The molecule has 3 amide bonds. The van der Waals surface area contributed by atoms with Crippen molar-refractivity contribution in [2.24, 2.45) is 17.8 Å². The molecule has 7 atom stereocenters. The third-order valence-corrected chi connectivity index (χ3v) is 10.00. The normalized spacial score (nSPS) is 31.9. The molecule has 1 saturated carbocycles. The molecule has 0 radical (unpaired) electrons. The molecule has 2 saturated heterocycles. The van der Waals surface area contributed by atoms with Crippen molar-refractivity contribution in [1.82, 2.24) is 10.2 Å². The summed E-state index contributed by atoms with van der Waals surface area (Å²) < 4.78 is 17.6. The lowest BCUT2D eigenvalue weighted by Crippen LogP contribution is -2.57. The number of carbonyl (C=O) groups is 3. The minimum Gasteiger partial charge on any atom is -0.454 e. The van der Waals surface area contributed by atoms with Crippen molar-refractivity contribution in [3.63, 3.8) is 0 Å². The molecule has 9 nitrogen and oxygen atoms in total. The van der Waals surface area contributed by atoms with Gasteiger partial charge in [0.2, 0.25) is 24.5 Å². The van der Waals surface area contributed by atoms with Gasteiger partial charge < -0.3 is 29.7 Å². The molecular weight excluding hydrogens is 546 g/mol. The van der Waals surface area contributed by atoms with E-state index in [-0.39, 0.29) is 37.1 Å². The van der Waals surface area contributed by atoms with Crippen LogP contribution in [0.3, 0.4) is 0 Å². The number of hydrogen-bond acceptors (Lipinski definition) is 6. The van der Waals surface area contributed by atoms with Gasteiger partial charge in [0.1, 0.15) is 11.6 Å². The first kappa shape index (κ1) is 28.0. The van der Waals surface area contributed by atoms with Gasteiger partial charge in [-0.25, -0.2) is 0 Å². The summed E-state index contributed by atoms with van der Waals surface area (Å²) in [6.45, 7) is 6.73. The molecule has 0 aromatic heterocycles. The highest BCUT2D eigenvalue weighted by atomic mass is 16.7. The van der Waals surface area contributed by atoms with Crippen molar-refractivity contribution in [2.45, 2.75) is 82.7 Å². The van der Waals surface area contributed by atoms with Crippen LogP contribution in [0.2, 0.25) is 0 Å². The molecule has 7 unspecified atom stereocenters. The maximum atomic E-state index is 14.4. The van der Waals surface area contributed by atoms with E-state index in [1.54, 1.807) is 4.90 Å². The Morgan fingerprint density at radius 2 is 1.79 bits per heavy atom. The smallest absolute Gasteiger partial charge is 0.246 e. The number of carbonyl (C=O) groups excluding carboxylic acids is 3. The Hall–Kier alpha value is -3.85. The Kier molecular flexibility index (Phi) is 6.95. The van der Waals surface area contributed by atoms with Crippen LogP contribution in [0, 0.1) is 17.8 Å². The van der Waals surface area contributed by atoms with Crippen LogP contribution < -0.4 is 20.1 Å². The summed E-state index contributed by atoms with van der Waals surface area (Å²) >= 11 is 0. The predicted molar refractivity (Wildman–Crippen MR) is 159 cm³/mol. The van der Waals surface area contributed by atoms with Crippen LogP contribution in [0.25, 0.3) is 0 Å². The van der Waals surface area contributed by atoms with Gasteiger partial charge >= 0.3 is 0 Å². The van der Waals surface area contributed by atoms with Gasteiger partial charge in [-0.05, 0) is 60.1 Å². The molecule has 2 aromatic rings. The predicted octanol–water partition coefficient (Wildman–Crippen LogP) is 4.52. The van der Waals surface area contributed by atoms with Gasteiger partial charge in [-0.15, -0.1) is 0 Å². The number of anilines is 1. The lowest BCUT2D eigenvalue weighted by Gasteiger charge is -2.36. The Morgan fingerprint density at radius 3 is 2.56 bits per heavy atom. The third-order valence-electron chi connectivity index (χ3n) is 10.00. The van der Waals surface area contributed by atoms with Crippen molar-refractivity contribution in [3.05, 3.63) is 65.7 Å². The number of nitrogens with one attached hydrogen (secondary N) is 2. The van der Waals surface area contributed by atoms with E-state index in [4.69, 9.17) is 14.2 Å². The van der Waals surface area contributed by atoms with Crippen LogP contribution in [-0.4, -0.2) is 53.2 Å². The molecule has 1 aliphatic carbocycles. The molecule has 9 heteroatoms. The van der Waals surface area contributed by atoms with Gasteiger partial charge in [0.25, 0.3) is 0 Å². The number of fused-ring (bicyclic) bond motifs is 2. The fraction of sp³-hybridized carbons (Fsp3) is 0.500. The zero-order chi connectivity index (χ0) is 29.9. The first-order valence-electron chi connectivity index (χ1n) is 15.5. The minimum absolute atomic E-state index is 0.0367. The average molecular weight is 586 g/mol. The molecule has 1 spiro atoms. The minimum atomic E-state index is -1.22. The van der Waals surface area contributed by atoms with Crippen LogP contribution in [-0.2, 0) is 25.7 Å². The Morgan fingerprint density at radius 1 is 1.02 bits per heavy atom. The summed E-state index contributed by atoms with van der Waals surface area (Å²) in [5.41, 5.74) is 1.43. The summed E-state index contributed by atoms with van der Waals surface area (Å²) in [6, 6.07) is 12.4. The summed E-state index contributed by atoms with van der Waals surface area (Å²) in [7, 11) is 0. The highest BCUT2D eigenvalue weighted by molar-refractivity contribution is 6.02. The molecule has 226 valence electrons. The molecule has 4 heterocycles. The van der Waals surface area contributed by atoms with Crippen molar-refractivity contribution >= 4 is 23.4 Å². The second-order valence-corrected chi connectivity index (χ2v) is 13.0. The summed E-state index contributed by atoms with van der Waals surface area (Å²) in [4.78, 5) is 44.0. The monoisotopic (exact) mass is 585 g/mol. The third kappa shape index (κ3) is 4.69. The fourth-order valence-electron chi connectivity index (χ4n) is 7.64. The quantitative estimate of drug-likeness (QED) is 0.463. The van der Waals surface area contributed by atoms with Crippen LogP contribution >= 0.6 is 0 Å². The number of nitrogens with zero attached hydrogens (tertiary/aromatic N) is 1. The second kappa shape index (κ2) is 10.7. The van der Waals surface area contributed by atoms with Gasteiger partial charge in [-0.2, -0.15) is 0 Å². The number of benzene rings is 2. The topological polar surface area (TPSA) is 106 Å². The van der Waals surface area contributed by atoms with Gasteiger partial charge in [0, 0.05) is 18.3 Å². The number of rotatable bonds is 7. The Bertz CT molecular complexity index is 1470. The van der Waals surface area contributed by atoms with Crippen molar-refractivity contribution in [3.8, 4) is 11.5 Å². The van der Waals surface area contributed by atoms with Crippen molar-refractivity contribution in [2.75, 3.05) is 12.1 Å². The molecule has 3 fully saturated rings. The zero-order valence-electron chi connectivity index (χ0n) is 24.9. The molecule has 43 heavy (non-hydrogen) atoms. The molecule has 2 N–H and O–H groups in total. The zero-order valence-corrected chi connectivity index (χ0v) is 24.9. The molecular formula is C34H39N3O6. The first-order valence-corrected chi connectivity index (χ1v) is 15.5. The van der Waals surface area contributed by atoms with E-state index < -0.39 is 29.6 Å². The molecule has 4 aliphatic heterocycles. The number of likely N-dealkylation sites (tertiary alicyclic amines) is 1. The van der Waals surface area contributed by atoms with Crippen LogP contribution in [0.1, 0.15) is 63.5 Å². The van der Waals surface area contributed by atoms with Gasteiger partial charge in [0.15, 0.2) is 11.5 Å². The Balaban J connectivity index is 1.19. The van der Waals surface area contributed by atoms with E-state index in [0.717, 1.165) is 31.2 Å². The average Bonchev–Trinajstić information content (AvgIpc) is 3.75. The van der Waals surface area contributed by atoms with Crippen LogP contribution in [0.5, 0.6) is 11.5 Å². The van der Waals surface area contributed by atoms with Crippen molar-refractivity contribution < 1.29 is 28.6 Å². The largest absolute Gasteiger partial charge is 0.454 e. The SMILES string of the molecule is CC(C)c1ccc(NC(=O)C2C3C=CC4(O3)C2C(=O)N(Cc2ccc3c(c2)OCO3)C4C(=O)NC2CCCCC2C)cc1. The molecule has 7 rings (SSSR count). The van der Waals surface area contributed by atoms with Crippen molar-refractivity contribution in [1.29, 1.82) is 0 Å². The molecule has 5 aliphatic rings. The van der Waals surface area contributed by atoms with E-state index in [1.807, 2.05) is 54.6 Å². The Labute approximate surface area is 251 Å². The number of hydrogen-bond donors (Lipinski definition) is 2. The van der Waals surface area contributed by atoms with E-state index in [1.165, 1.54) is 5.56 Å². The standard InChI is InChI=1S/C34H39N3O6/c1-19(2)22-9-11-23(12-10-22)35-31(38)28-26-14-15-34(43-26)29(28)33(40)37(17-21-8-13-25-27(16-21)42-18-41-25)30(34)32(39)36-24-7-5-4-6-20(24)3/h8-16,19-20,24,26,28-30H,4-7,17-18H2,1-3H3,(H,35,38)(H,36,39). The van der Waals surface area contributed by atoms with Crippen LogP contribution in [0.4, 0.5) is 5.69 Å². The first-order chi connectivity index (χ1) is 20.7. The molecule has 2 bridgehead atoms. The summed E-state index contributed by atoms with van der Waals surface area (Å²) in [5.74, 6) is -0.353. The van der Waals surface area contributed by atoms with E-state index in [2.05, 4.69) is 31.4 Å². The maximum Gasteiger partial charge on any atom is 0.246 e. The van der Waals surface area contributed by atoms with Gasteiger partial charge in [-0.1, -0.05) is 64.0 Å². The van der Waals surface area contributed by atoms with E-state index in [9.17, 15) is 14.4 Å². The lowest BCUT2D eigenvalue weighted by molar-refractivity contribution is -0.142. The van der Waals surface area contributed by atoms with Gasteiger partial charge in [0.05, 0.1) is 17.9 Å². The lowest BCUT2D eigenvalue weighted by atomic mass is 9.74. The van der Waals surface area contributed by atoms with Gasteiger partial charge in [-0.3, -0.25) is 14.4 Å². The summed E-state index contributed by atoms with van der Waals surface area (Å²) in [6.07, 6.45) is 7.31. The maximum absolute atomic E-state index is 14.4. The highest BCUT2D eigenvalue weighted by Crippen LogP contribution is 2.55. The molecule has 2 aromatic carbocycles. The second-order valence-electron chi connectivity index (χ2n) is 13.0. The van der Waals surface area contributed by atoms with Crippen LogP contribution in [0.15, 0.2) is 54.6 Å². The number of amides is 3. The highest BCUT2D eigenvalue weighted by Gasteiger charge is 2.72.